The first-order valence-electron chi connectivity index (χ1n) is 5.02. The van der Waals surface area contributed by atoms with Crippen LogP contribution in [0.1, 0.15) is 5.82 Å². The van der Waals surface area contributed by atoms with Gasteiger partial charge in [-0.1, -0.05) is 0 Å². The lowest BCUT2D eigenvalue weighted by Crippen LogP contribution is -2.12. The molecule has 0 atom stereocenters. The van der Waals surface area contributed by atoms with Crippen LogP contribution in [0.15, 0.2) is 18.2 Å². The summed E-state index contributed by atoms with van der Waals surface area (Å²) in [5.74, 6) is 0.640. The molecular weight excluding hydrogens is 225 g/mol. The molecule has 6 nitrogen and oxygen atoms in total. The third-order valence-electron chi connectivity index (χ3n) is 2.24. The summed E-state index contributed by atoms with van der Waals surface area (Å²) in [5.41, 5.74) is 0.601. The number of ether oxygens (including phenoxy) is 1. The quantitative estimate of drug-likeness (QED) is 0.840. The average Bonchev–Trinajstić information content (AvgIpc) is 2.77. The van der Waals surface area contributed by atoms with E-state index in [-0.39, 0.29) is 5.82 Å². The summed E-state index contributed by atoms with van der Waals surface area (Å²) < 4.78 is 19.7. The highest BCUT2D eigenvalue weighted by atomic mass is 19.1. The van der Waals surface area contributed by atoms with Gasteiger partial charge in [-0.25, -0.2) is 4.39 Å². The topological polar surface area (TPSA) is 64.9 Å². The van der Waals surface area contributed by atoms with Crippen LogP contribution in [0.5, 0.6) is 5.75 Å². The predicted octanol–water partition coefficient (Wildman–Crippen LogP) is 0.529. The summed E-state index contributed by atoms with van der Waals surface area (Å²) in [5, 5.41) is 14.3. The Morgan fingerprint density at radius 3 is 3.00 bits per heavy atom. The first kappa shape index (κ1) is 11.5. The second kappa shape index (κ2) is 4.88. The molecule has 0 amide bonds. The zero-order valence-electron chi connectivity index (χ0n) is 9.51. The van der Waals surface area contributed by atoms with Gasteiger partial charge in [0.05, 0.1) is 13.7 Å². The van der Waals surface area contributed by atoms with Crippen molar-refractivity contribution in [3.05, 3.63) is 29.8 Å². The molecule has 17 heavy (non-hydrogen) atoms. The Morgan fingerprint density at radius 2 is 2.29 bits per heavy atom. The summed E-state index contributed by atoms with van der Waals surface area (Å²) in [6.07, 6.45) is 0. The number of benzene rings is 1. The van der Waals surface area contributed by atoms with Crippen molar-refractivity contribution in [2.45, 2.75) is 6.54 Å². The summed E-state index contributed by atoms with van der Waals surface area (Å²) in [6, 6.07) is 4.20. The van der Waals surface area contributed by atoms with Crippen LogP contribution in [0.3, 0.4) is 0 Å². The summed E-state index contributed by atoms with van der Waals surface area (Å²) in [4.78, 5) is 0. The van der Waals surface area contributed by atoms with E-state index in [9.17, 15) is 4.39 Å². The maximum atomic E-state index is 13.1. The molecule has 2 rings (SSSR count). The highest BCUT2D eigenvalue weighted by molar-refractivity contribution is 5.46. The minimum absolute atomic E-state index is 0.367. The van der Waals surface area contributed by atoms with Gasteiger partial charge in [0.15, 0.2) is 5.82 Å². The van der Waals surface area contributed by atoms with Crippen LogP contribution < -0.4 is 10.1 Å². The van der Waals surface area contributed by atoms with Crippen LogP contribution in [-0.4, -0.2) is 34.4 Å². The summed E-state index contributed by atoms with van der Waals surface area (Å²) >= 11 is 0. The van der Waals surface area contributed by atoms with Gasteiger partial charge in [0.1, 0.15) is 17.3 Å². The van der Waals surface area contributed by atoms with Crippen molar-refractivity contribution >= 4 is 0 Å². The van der Waals surface area contributed by atoms with Gasteiger partial charge in [-0.05, 0) is 29.6 Å². The molecule has 7 heteroatoms. The Balaban J connectivity index is 2.48. The van der Waals surface area contributed by atoms with Crippen molar-refractivity contribution in [2.24, 2.45) is 0 Å². The molecular formula is C10H12FN5O. The van der Waals surface area contributed by atoms with Crippen molar-refractivity contribution in [1.82, 2.24) is 25.5 Å². The molecule has 1 aromatic carbocycles. The maximum absolute atomic E-state index is 13.1. The lowest BCUT2D eigenvalue weighted by Gasteiger charge is -2.09. The fraction of sp³-hybridized carbons (Fsp3) is 0.300. The van der Waals surface area contributed by atoms with Gasteiger partial charge < -0.3 is 10.1 Å². The molecule has 1 N–H and O–H groups in total. The highest BCUT2D eigenvalue weighted by Gasteiger charge is 2.12. The molecule has 2 aromatic rings. The minimum atomic E-state index is -0.367. The molecule has 0 saturated heterocycles. The number of tetrazole rings is 1. The van der Waals surface area contributed by atoms with Crippen LogP contribution in [0.2, 0.25) is 0 Å². The molecule has 0 unspecified atom stereocenters. The van der Waals surface area contributed by atoms with Crippen molar-refractivity contribution in [3.63, 3.8) is 0 Å². The zero-order chi connectivity index (χ0) is 12.3. The summed E-state index contributed by atoms with van der Waals surface area (Å²) in [7, 11) is 3.27. The number of aromatic nitrogens is 4. The van der Waals surface area contributed by atoms with Gasteiger partial charge in [0.25, 0.3) is 0 Å². The predicted molar refractivity (Wildman–Crippen MR) is 58.4 cm³/mol. The van der Waals surface area contributed by atoms with Crippen LogP contribution >= 0.6 is 0 Å². The lowest BCUT2D eigenvalue weighted by atomic mass is 10.3. The Bertz CT molecular complexity index is 513. The Labute approximate surface area is 97.4 Å². The summed E-state index contributed by atoms with van der Waals surface area (Å²) in [6.45, 7) is 0.507. The molecule has 0 radical (unpaired) electrons. The molecule has 1 heterocycles. The number of methoxy groups -OCH3 is 1. The van der Waals surface area contributed by atoms with E-state index in [1.165, 1.54) is 23.9 Å². The second-order valence-corrected chi connectivity index (χ2v) is 3.35. The molecule has 0 saturated carbocycles. The van der Waals surface area contributed by atoms with Crippen molar-refractivity contribution in [2.75, 3.05) is 14.2 Å². The molecule has 0 aliphatic rings. The van der Waals surface area contributed by atoms with Crippen molar-refractivity contribution in [1.29, 1.82) is 0 Å². The van der Waals surface area contributed by atoms with E-state index < -0.39 is 0 Å². The van der Waals surface area contributed by atoms with Crippen LogP contribution in [0, 0.1) is 5.82 Å². The van der Waals surface area contributed by atoms with Gasteiger partial charge in [-0.15, -0.1) is 5.10 Å². The first-order valence-corrected chi connectivity index (χ1v) is 5.02. The van der Waals surface area contributed by atoms with E-state index in [2.05, 4.69) is 20.8 Å². The normalized spacial score (nSPS) is 10.5. The largest absolute Gasteiger partial charge is 0.494 e. The minimum Gasteiger partial charge on any atom is -0.494 e. The smallest absolute Gasteiger partial charge is 0.170 e. The van der Waals surface area contributed by atoms with E-state index in [1.807, 2.05) is 0 Å². The number of hydrogen-bond acceptors (Lipinski definition) is 5. The standard InChI is InChI=1S/C10H12FN5O/c1-12-6-10-13-14-15-16(10)8-4-3-7(11)5-9(8)17-2/h3-5,12H,6H2,1-2H3. The number of halogens is 1. The van der Waals surface area contributed by atoms with Crippen LogP contribution in [0.25, 0.3) is 5.69 Å². The monoisotopic (exact) mass is 237 g/mol. The molecule has 0 aliphatic heterocycles. The molecule has 0 spiro atoms. The number of nitrogens with zero attached hydrogens (tertiary/aromatic N) is 4. The highest BCUT2D eigenvalue weighted by Crippen LogP contribution is 2.23. The second-order valence-electron chi connectivity index (χ2n) is 3.35. The van der Waals surface area contributed by atoms with E-state index in [0.29, 0.717) is 23.8 Å². The fourth-order valence-corrected chi connectivity index (χ4v) is 1.49. The van der Waals surface area contributed by atoms with Gasteiger partial charge in [0.2, 0.25) is 0 Å². The SMILES string of the molecule is CNCc1nnnn1-c1ccc(F)cc1OC. The van der Waals surface area contributed by atoms with E-state index in [4.69, 9.17) is 4.74 Å². The maximum Gasteiger partial charge on any atom is 0.170 e. The average molecular weight is 237 g/mol. The Kier molecular flexibility index (Phi) is 3.29. The number of nitrogens with one attached hydrogen (secondary N) is 1. The van der Waals surface area contributed by atoms with E-state index >= 15 is 0 Å². The third kappa shape index (κ3) is 2.23. The molecule has 1 aromatic heterocycles. The number of hydrogen-bond donors (Lipinski definition) is 1. The van der Waals surface area contributed by atoms with Gasteiger partial charge in [-0.2, -0.15) is 4.68 Å². The van der Waals surface area contributed by atoms with Gasteiger partial charge in [-0.3, -0.25) is 0 Å². The first-order chi connectivity index (χ1) is 8.26. The van der Waals surface area contributed by atoms with E-state index in [1.54, 1.807) is 13.1 Å². The Morgan fingerprint density at radius 1 is 1.47 bits per heavy atom. The van der Waals surface area contributed by atoms with Crippen molar-refractivity contribution in [3.8, 4) is 11.4 Å². The third-order valence-corrected chi connectivity index (χ3v) is 2.24. The number of rotatable bonds is 4. The van der Waals surface area contributed by atoms with Crippen molar-refractivity contribution < 1.29 is 9.13 Å². The van der Waals surface area contributed by atoms with Crippen LogP contribution in [-0.2, 0) is 6.54 Å². The fourth-order valence-electron chi connectivity index (χ4n) is 1.49. The molecule has 90 valence electrons. The van der Waals surface area contributed by atoms with Gasteiger partial charge in [0, 0.05) is 6.07 Å². The Hall–Kier alpha value is -2.02. The van der Waals surface area contributed by atoms with Crippen LogP contribution in [0.4, 0.5) is 4.39 Å². The molecule has 0 fully saturated rings. The zero-order valence-corrected chi connectivity index (χ0v) is 9.51. The van der Waals surface area contributed by atoms with E-state index in [0.717, 1.165) is 0 Å². The molecule has 0 aliphatic carbocycles. The molecule has 0 bridgehead atoms. The lowest BCUT2D eigenvalue weighted by molar-refractivity contribution is 0.407. The van der Waals surface area contributed by atoms with Gasteiger partial charge >= 0.3 is 0 Å².